The summed E-state index contributed by atoms with van der Waals surface area (Å²) in [6.45, 7) is 0. The van der Waals surface area contributed by atoms with E-state index in [9.17, 15) is 19.8 Å². The molecule has 0 saturated heterocycles. The number of hydrogen-bond acceptors (Lipinski definition) is 4. The first-order chi connectivity index (χ1) is 16.5. The van der Waals surface area contributed by atoms with Gasteiger partial charge in [-0.2, -0.15) is 0 Å². The second-order valence-corrected chi connectivity index (χ2v) is 7.86. The fourth-order valence-electron chi connectivity index (χ4n) is 4.03. The van der Waals surface area contributed by atoms with Gasteiger partial charge in [-0.25, -0.2) is 0 Å². The van der Waals surface area contributed by atoms with Gasteiger partial charge in [-0.1, -0.05) is 72.8 Å². The van der Waals surface area contributed by atoms with E-state index >= 15 is 0 Å². The fourth-order valence-corrected chi connectivity index (χ4v) is 4.03. The van der Waals surface area contributed by atoms with E-state index in [1.165, 1.54) is 0 Å². The van der Waals surface area contributed by atoms with E-state index in [0.29, 0.717) is 28.0 Å². The normalized spacial score (nSPS) is 10.6. The number of carbonyl (C=O) groups is 2. The average molecular weight is 453 g/mol. The molecule has 0 aromatic heterocycles. The highest BCUT2D eigenvalue weighted by Gasteiger charge is 2.25. The Morgan fingerprint density at radius 3 is 1.97 bits per heavy atom. The Morgan fingerprint density at radius 1 is 0.794 bits per heavy atom. The Morgan fingerprint density at radius 2 is 1.38 bits per heavy atom. The van der Waals surface area contributed by atoms with Crippen LogP contribution in [0.3, 0.4) is 0 Å². The second-order valence-electron chi connectivity index (χ2n) is 7.86. The van der Waals surface area contributed by atoms with Crippen molar-refractivity contribution in [3.8, 4) is 33.8 Å². The third-order valence-electron chi connectivity index (χ3n) is 5.74. The van der Waals surface area contributed by atoms with Crippen molar-refractivity contribution in [3.63, 3.8) is 0 Å². The Kier molecular flexibility index (Phi) is 6.74. The van der Waals surface area contributed by atoms with Crippen LogP contribution in [-0.4, -0.2) is 29.1 Å². The number of carboxylic acids is 1. The Bertz CT molecular complexity index is 1310. The van der Waals surface area contributed by atoms with Crippen molar-refractivity contribution < 1.29 is 24.5 Å². The lowest BCUT2D eigenvalue weighted by Gasteiger charge is -2.19. The number of aromatic hydroxyl groups is 1. The summed E-state index contributed by atoms with van der Waals surface area (Å²) < 4.78 is 5.27. The molecule has 5 nitrogen and oxygen atoms in total. The minimum Gasteiger partial charge on any atom is -0.507 e. The molecule has 4 rings (SSSR count). The summed E-state index contributed by atoms with van der Waals surface area (Å²) in [7, 11) is 1.58. The van der Waals surface area contributed by atoms with Crippen LogP contribution < -0.4 is 4.74 Å². The fraction of sp³-hybridized carbons (Fsp3) is 0.103. The number of carboxylic acid groups (broad SMARTS) is 1. The number of phenols is 1. The van der Waals surface area contributed by atoms with Crippen molar-refractivity contribution >= 4 is 11.8 Å². The molecule has 0 unspecified atom stereocenters. The molecule has 0 aliphatic carbocycles. The van der Waals surface area contributed by atoms with Crippen LogP contribution in [-0.2, 0) is 11.2 Å². The SMILES string of the molecule is COc1ccc(-c2cc(-c3ccccc3)c(CCC(=O)O)c(O)c2C(=O)c2ccccc2)cc1. The largest absolute Gasteiger partial charge is 0.507 e. The smallest absolute Gasteiger partial charge is 0.303 e. The Balaban J connectivity index is 2.01. The van der Waals surface area contributed by atoms with Crippen LogP contribution in [0.25, 0.3) is 22.3 Å². The number of aliphatic carboxylic acids is 1. The third-order valence-corrected chi connectivity index (χ3v) is 5.74. The van der Waals surface area contributed by atoms with Gasteiger partial charge in [-0.05, 0) is 46.9 Å². The van der Waals surface area contributed by atoms with Crippen molar-refractivity contribution in [1.82, 2.24) is 0 Å². The predicted octanol–water partition coefficient (Wildman–Crippen LogP) is 5.98. The number of methoxy groups -OCH3 is 1. The van der Waals surface area contributed by atoms with Crippen LogP contribution in [0.2, 0.25) is 0 Å². The summed E-state index contributed by atoms with van der Waals surface area (Å²) >= 11 is 0. The van der Waals surface area contributed by atoms with Crippen LogP contribution in [0.1, 0.15) is 27.9 Å². The Labute approximate surface area is 197 Å². The molecule has 0 bridgehead atoms. The Hall–Kier alpha value is -4.38. The van der Waals surface area contributed by atoms with E-state index in [2.05, 4.69) is 0 Å². The standard InChI is InChI=1S/C29H24O5/c1-34-22-14-12-20(13-15-22)25-18-24(19-8-4-2-5-9-19)23(16-17-26(30)31)29(33)27(25)28(32)21-10-6-3-7-11-21/h2-15,18,33H,16-17H2,1H3,(H,30,31). The molecule has 2 N–H and O–H groups in total. The van der Waals surface area contributed by atoms with Gasteiger partial charge in [0.15, 0.2) is 5.78 Å². The molecule has 0 saturated carbocycles. The van der Waals surface area contributed by atoms with E-state index in [1.54, 1.807) is 43.5 Å². The van der Waals surface area contributed by atoms with Crippen LogP contribution in [0.4, 0.5) is 0 Å². The van der Waals surface area contributed by atoms with Crippen molar-refractivity contribution in [2.24, 2.45) is 0 Å². The lowest BCUT2D eigenvalue weighted by atomic mass is 9.85. The number of ether oxygens (including phenoxy) is 1. The summed E-state index contributed by atoms with van der Waals surface area (Å²) in [4.78, 5) is 25.0. The van der Waals surface area contributed by atoms with Crippen molar-refractivity contribution in [1.29, 1.82) is 0 Å². The molecule has 4 aromatic rings. The molecule has 0 atom stereocenters. The molecular formula is C29H24O5. The van der Waals surface area contributed by atoms with Gasteiger partial charge >= 0.3 is 5.97 Å². The van der Waals surface area contributed by atoms with Gasteiger partial charge < -0.3 is 14.9 Å². The van der Waals surface area contributed by atoms with Crippen LogP contribution in [0.15, 0.2) is 91.0 Å². The molecule has 0 heterocycles. The van der Waals surface area contributed by atoms with Gasteiger partial charge in [-0.3, -0.25) is 9.59 Å². The lowest BCUT2D eigenvalue weighted by Crippen LogP contribution is -2.08. The first-order valence-corrected chi connectivity index (χ1v) is 10.9. The van der Waals surface area contributed by atoms with Crippen molar-refractivity contribution in [2.45, 2.75) is 12.8 Å². The van der Waals surface area contributed by atoms with E-state index in [4.69, 9.17) is 4.74 Å². The zero-order chi connectivity index (χ0) is 24.1. The summed E-state index contributed by atoms with van der Waals surface area (Å²) in [6.07, 6.45) is -0.0857. The molecule has 0 fully saturated rings. The minimum absolute atomic E-state index is 0.0867. The number of hydrogen-bond donors (Lipinski definition) is 2. The van der Waals surface area contributed by atoms with Crippen LogP contribution in [0, 0.1) is 0 Å². The van der Waals surface area contributed by atoms with Crippen molar-refractivity contribution in [2.75, 3.05) is 7.11 Å². The number of rotatable bonds is 8. The van der Waals surface area contributed by atoms with Gasteiger partial charge in [0.05, 0.1) is 12.7 Å². The lowest BCUT2D eigenvalue weighted by molar-refractivity contribution is -0.136. The molecular weight excluding hydrogens is 428 g/mol. The molecule has 0 spiro atoms. The zero-order valence-electron chi connectivity index (χ0n) is 18.7. The molecule has 34 heavy (non-hydrogen) atoms. The topological polar surface area (TPSA) is 83.8 Å². The van der Waals surface area contributed by atoms with E-state index in [1.807, 2.05) is 54.6 Å². The molecule has 5 heteroatoms. The molecule has 0 amide bonds. The summed E-state index contributed by atoms with van der Waals surface area (Å²) in [5.74, 6) is -0.832. The zero-order valence-corrected chi connectivity index (χ0v) is 18.7. The predicted molar refractivity (Wildman–Crippen MR) is 131 cm³/mol. The number of carbonyl (C=O) groups excluding carboxylic acids is 1. The van der Waals surface area contributed by atoms with E-state index < -0.39 is 5.97 Å². The first kappa shape index (κ1) is 22.8. The quantitative estimate of drug-likeness (QED) is 0.321. The highest BCUT2D eigenvalue weighted by molar-refractivity contribution is 6.15. The maximum Gasteiger partial charge on any atom is 0.303 e. The number of ketones is 1. The molecule has 0 radical (unpaired) electrons. The average Bonchev–Trinajstić information content (AvgIpc) is 2.88. The van der Waals surface area contributed by atoms with E-state index in [-0.39, 0.29) is 29.9 Å². The molecule has 0 aliphatic rings. The summed E-state index contributed by atoms with van der Waals surface area (Å²) in [6, 6.07) is 27.3. The monoisotopic (exact) mass is 452 g/mol. The third kappa shape index (κ3) is 4.69. The van der Waals surface area contributed by atoms with Gasteiger partial charge in [-0.15, -0.1) is 0 Å². The van der Waals surface area contributed by atoms with Gasteiger partial charge in [0.1, 0.15) is 11.5 Å². The van der Waals surface area contributed by atoms with Gasteiger partial charge in [0.2, 0.25) is 0 Å². The number of benzene rings is 4. The summed E-state index contributed by atoms with van der Waals surface area (Å²) in [5.41, 5.74) is 3.83. The van der Waals surface area contributed by atoms with Gasteiger partial charge in [0, 0.05) is 17.5 Å². The van der Waals surface area contributed by atoms with E-state index in [0.717, 1.165) is 11.1 Å². The molecule has 0 aliphatic heterocycles. The highest BCUT2D eigenvalue weighted by atomic mass is 16.5. The van der Waals surface area contributed by atoms with Crippen LogP contribution in [0.5, 0.6) is 11.5 Å². The van der Waals surface area contributed by atoms with Crippen LogP contribution >= 0.6 is 0 Å². The maximum absolute atomic E-state index is 13.6. The molecule has 170 valence electrons. The van der Waals surface area contributed by atoms with Crippen molar-refractivity contribution in [3.05, 3.63) is 108 Å². The maximum atomic E-state index is 13.6. The highest BCUT2D eigenvalue weighted by Crippen LogP contribution is 2.42. The molecule has 4 aromatic carbocycles. The minimum atomic E-state index is -0.978. The first-order valence-electron chi connectivity index (χ1n) is 10.9. The van der Waals surface area contributed by atoms with Gasteiger partial charge in [0.25, 0.3) is 0 Å². The number of phenolic OH excluding ortho intramolecular Hbond substituents is 1. The summed E-state index contributed by atoms with van der Waals surface area (Å²) in [5, 5.41) is 20.8. The second kappa shape index (κ2) is 10.0.